The van der Waals surface area contributed by atoms with Gasteiger partial charge in [-0.15, -0.1) is 0 Å². The first-order valence-corrected chi connectivity index (χ1v) is 6.13. The lowest BCUT2D eigenvalue weighted by molar-refractivity contribution is -0.142. The van der Waals surface area contributed by atoms with Gasteiger partial charge in [0.2, 0.25) is 5.91 Å². The standard InChI is InChI=1S/C12H21NO3/c1-8-9(2)16-10(3)11(8)12(14)13-4-6-15-7-5-13/h8-11H,4-7H2,1-3H3. The number of rotatable bonds is 1. The van der Waals surface area contributed by atoms with E-state index >= 15 is 0 Å². The number of hydrogen-bond donors (Lipinski definition) is 0. The summed E-state index contributed by atoms with van der Waals surface area (Å²) in [6.07, 6.45) is 0.227. The molecule has 2 fully saturated rings. The van der Waals surface area contributed by atoms with Gasteiger partial charge in [0.1, 0.15) is 0 Å². The third-order valence-electron chi connectivity index (χ3n) is 3.85. The fourth-order valence-corrected chi connectivity index (χ4v) is 2.69. The van der Waals surface area contributed by atoms with E-state index in [2.05, 4.69) is 6.92 Å². The van der Waals surface area contributed by atoms with E-state index in [1.54, 1.807) is 0 Å². The van der Waals surface area contributed by atoms with Gasteiger partial charge in [-0.1, -0.05) is 6.92 Å². The summed E-state index contributed by atoms with van der Waals surface area (Å²) in [5.41, 5.74) is 0. The highest BCUT2D eigenvalue weighted by molar-refractivity contribution is 5.80. The maximum atomic E-state index is 12.4. The fourth-order valence-electron chi connectivity index (χ4n) is 2.69. The van der Waals surface area contributed by atoms with Crippen LogP contribution in [-0.4, -0.2) is 49.3 Å². The number of amides is 1. The summed E-state index contributed by atoms with van der Waals surface area (Å²) >= 11 is 0. The van der Waals surface area contributed by atoms with Crippen LogP contribution in [0, 0.1) is 11.8 Å². The molecule has 4 nitrogen and oxygen atoms in total. The average molecular weight is 227 g/mol. The van der Waals surface area contributed by atoms with Gasteiger partial charge in [0, 0.05) is 13.1 Å². The SMILES string of the molecule is CC1OC(C)C(C(=O)N2CCOCC2)C1C. The van der Waals surface area contributed by atoms with Crippen molar-refractivity contribution < 1.29 is 14.3 Å². The summed E-state index contributed by atoms with van der Waals surface area (Å²) in [4.78, 5) is 14.3. The maximum Gasteiger partial charge on any atom is 0.228 e. The average Bonchev–Trinajstić information content (AvgIpc) is 2.54. The van der Waals surface area contributed by atoms with Gasteiger partial charge >= 0.3 is 0 Å². The Kier molecular flexibility index (Phi) is 3.50. The van der Waals surface area contributed by atoms with Crippen molar-refractivity contribution in [2.75, 3.05) is 26.3 Å². The van der Waals surface area contributed by atoms with Crippen LogP contribution in [0.3, 0.4) is 0 Å². The van der Waals surface area contributed by atoms with Crippen LogP contribution in [0.1, 0.15) is 20.8 Å². The molecule has 0 aromatic carbocycles. The maximum absolute atomic E-state index is 12.4. The lowest BCUT2D eigenvalue weighted by Gasteiger charge is -2.31. The normalized spacial score (nSPS) is 40.1. The lowest BCUT2D eigenvalue weighted by Crippen LogP contribution is -2.46. The molecule has 1 amide bonds. The van der Waals surface area contributed by atoms with Crippen molar-refractivity contribution in [3.63, 3.8) is 0 Å². The summed E-state index contributed by atoms with van der Waals surface area (Å²) in [5.74, 6) is 0.575. The number of carbonyl (C=O) groups excluding carboxylic acids is 1. The Morgan fingerprint density at radius 2 is 1.75 bits per heavy atom. The summed E-state index contributed by atoms with van der Waals surface area (Å²) < 4.78 is 11.0. The first-order valence-electron chi connectivity index (χ1n) is 6.13. The molecule has 92 valence electrons. The third-order valence-corrected chi connectivity index (χ3v) is 3.85. The monoisotopic (exact) mass is 227 g/mol. The molecule has 4 unspecified atom stereocenters. The molecular formula is C12H21NO3. The van der Waals surface area contributed by atoms with E-state index in [0.29, 0.717) is 19.1 Å². The third kappa shape index (κ3) is 2.09. The van der Waals surface area contributed by atoms with Crippen LogP contribution in [0.5, 0.6) is 0 Å². The van der Waals surface area contributed by atoms with Crippen LogP contribution >= 0.6 is 0 Å². The van der Waals surface area contributed by atoms with Gasteiger partial charge in [0.25, 0.3) is 0 Å². The van der Waals surface area contributed by atoms with E-state index in [0.717, 1.165) is 13.1 Å². The number of hydrogen-bond acceptors (Lipinski definition) is 3. The topological polar surface area (TPSA) is 38.8 Å². The van der Waals surface area contributed by atoms with E-state index in [9.17, 15) is 4.79 Å². The molecule has 2 saturated heterocycles. The number of ether oxygens (including phenoxy) is 2. The van der Waals surface area contributed by atoms with Crippen molar-refractivity contribution in [2.24, 2.45) is 11.8 Å². The molecule has 4 atom stereocenters. The molecule has 4 heteroatoms. The van der Waals surface area contributed by atoms with E-state index in [-0.39, 0.29) is 24.0 Å². The molecular weight excluding hydrogens is 206 g/mol. The van der Waals surface area contributed by atoms with E-state index in [4.69, 9.17) is 9.47 Å². The van der Waals surface area contributed by atoms with Crippen molar-refractivity contribution in [1.82, 2.24) is 4.90 Å². The molecule has 2 rings (SSSR count). The Morgan fingerprint density at radius 3 is 2.25 bits per heavy atom. The van der Waals surface area contributed by atoms with Crippen LogP contribution in [0.2, 0.25) is 0 Å². The summed E-state index contributed by atoms with van der Waals surface area (Å²) in [7, 11) is 0. The minimum Gasteiger partial charge on any atom is -0.378 e. The van der Waals surface area contributed by atoms with Crippen molar-refractivity contribution >= 4 is 5.91 Å². The van der Waals surface area contributed by atoms with Crippen molar-refractivity contribution in [3.05, 3.63) is 0 Å². The Hall–Kier alpha value is -0.610. The highest BCUT2D eigenvalue weighted by Crippen LogP contribution is 2.33. The van der Waals surface area contributed by atoms with Crippen LogP contribution in [0.4, 0.5) is 0 Å². The predicted molar refractivity (Wildman–Crippen MR) is 60.1 cm³/mol. The van der Waals surface area contributed by atoms with Gasteiger partial charge in [-0.2, -0.15) is 0 Å². The Bertz CT molecular complexity index is 263. The molecule has 0 aliphatic carbocycles. The summed E-state index contributed by atoms with van der Waals surface area (Å²) in [6, 6.07) is 0. The first kappa shape index (κ1) is 11.9. The molecule has 0 aromatic heterocycles. The molecule has 0 spiro atoms. The zero-order valence-corrected chi connectivity index (χ0v) is 10.3. The molecule has 0 bridgehead atoms. The molecule has 0 saturated carbocycles. The quantitative estimate of drug-likeness (QED) is 0.668. The molecule has 0 aromatic rings. The molecule has 16 heavy (non-hydrogen) atoms. The second-order valence-corrected chi connectivity index (χ2v) is 4.87. The van der Waals surface area contributed by atoms with Crippen LogP contribution in [0.15, 0.2) is 0 Å². The predicted octanol–water partition coefficient (Wildman–Crippen LogP) is 0.905. The van der Waals surface area contributed by atoms with E-state index in [1.165, 1.54) is 0 Å². The van der Waals surface area contributed by atoms with Crippen LogP contribution in [0.25, 0.3) is 0 Å². The second kappa shape index (κ2) is 4.72. The zero-order chi connectivity index (χ0) is 11.7. The van der Waals surface area contributed by atoms with Gasteiger partial charge in [0.05, 0.1) is 31.3 Å². The highest BCUT2D eigenvalue weighted by Gasteiger charge is 2.43. The molecule has 0 radical (unpaired) electrons. The van der Waals surface area contributed by atoms with Crippen LogP contribution in [-0.2, 0) is 14.3 Å². The van der Waals surface area contributed by atoms with E-state index in [1.807, 2.05) is 18.7 Å². The van der Waals surface area contributed by atoms with Crippen molar-refractivity contribution in [2.45, 2.75) is 33.0 Å². The summed E-state index contributed by atoms with van der Waals surface area (Å²) in [5, 5.41) is 0. The van der Waals surface area contributed by atoms with Crippen molar-refractivity contribution in [1.29, 1.82) is 0 Å². The Morgan fingerprint density at radius 1 is 1.12 bits per heavy atom. The van der Waals surface area contributed by atoms with Crippen LogP contribution < -0.4 is 0 Å². The number of nitrogens with zero attached hydrogens (tertiary/aromatic N) is 1. The van der Waals surface area contributed by atoms with Gasteiger partial charge in [-0.25, -0.2) is 0 Å². The lowest BCUT2D eigenvalue weighted by atomic mass is 9.88. The zero-order valence-electron chi connectivity index (χ0n) is 10.3. The Balaban J connectivity index is 2.02. The molecule has 0 N–H and O–H groups in total. The van der Waals surface area contributed by atoms with Crippen molar-refractivity contribution in [3.8, 4) is 0 Å². The minimum atomic E-state index is 0.0214. The van der Waals surface area contributed by atoms with E-state index < -0.39 is 0 Å². The largest absolute Gasteiger partial charge is 0.378 e. The smallest absolute Gasteiger partial charge is 0.228 e. The molecule has 2 heterocycles. The Labute approximate surface area is 96.9 Å². The fraction of sp³-hybridized carbons (Fsp3) is 0.917. The second-order valence-electron chi connectivity index (χ2n) is 4.87. The van der Waals surface area contributed by atoms with Gasteiger partial charge in [-0.05, 0) is 19.8 Å². The first-order chi connectivity index (χ1) is 7.61. The van der Waals surface area contributed by atoms with Gasteiger partial charge < -0.3 is 14.4 Å². The summed E-state index contributed by atoms with van der Waals surface area (Å²) in [6.45, 7) is 8.94. The minimum absolute atomic E-state index is 0.0214. The number of carbonyl (C=O) groups is 1. The van der Waals surface area contributed by atoms with Gasteiger partial charge in [0.15, 0.2) is 0 Å². The number of morpholine rings is 1. The highest BCUT2D eigenvalue weighted by atomic mass is 16.5. The molecule has 2 aliphatic rings. The molecule has 2 aliphatic heterocycles. The van der Waals surface area contributed by atoms with Gasteiger partial charge in [-0.3, -0.25) is 4.79 Å².